The molecule has 0 radical (unpaired) electrons. The molecule has 2 unspecified atom stereocenters. The standard InChI is InChI=1S/C16H19BrN4O.ClH/c1-11-7-12(9-18)10-20(11)16(22)15-5-6-21(19-15)14-4-2-3-13(17)8-14;/h2-6,8,11-12H,7,9-10,18H2,1H3;1H. The number of nitrogens with two attached hydrogens (primary N) is 1. The Kier molecular flexibility index (Phi) is 5.84. The first-order valence-electron chi connectivity index (χ1n) is 7.41. The molecule has 1 aliphatic rings. The summed E-state index contributed by atoms with van der Waals surface area (Å²) in [5.74, 6) is 0.378. The van der Waals surface area contributed by atoms with Crippen LogP contribution in [-0.2, 0) is 0 Å². The molecule has 1 fully saturated rings. The molecule has 5 nitrogen and oxygen atoms in total. The van der Waals surface area contributed by atoms with Gasteiger partial charge in [0.25, 0.3) is 5.91 Å². The molecule has 2 heterocycles. The quantitative estimate of drug-likeness (QED) is 0.863. The third kappa shape index (κ3) is 3.76. The van der Waals surface area contributed by atoms with Gasteiger partial charge in [0.2, 0.25) is 0 Å². The highest BCUT2D eigenvalue weighted by Gasteiger charge is 2.32. The van der Waals surface area contributed by atoms with Crippen molar-refractivity contribution in [3.8, 4) is 5.69 Å². The smallest absolute Gasteiger partial charge is 0.274 e. The summed E-state index contributed by atoms with van der Waals surface area (Å²) in [6.45, 7) is 3.42. The molecule has 0 bridgehead atoms. The summed E-state index contributed by atoms with van der Waals surface area (Å²) in [5.41, 5.74) is 7.12. The first-order valence-corrected chi connectivity index (χ1v) is 8.20. The van der Waals surface area contributed by atoms with Gasteiger partial charge in [0.1, 0.15) is 0 Å². The van der Waals surface area contributed by atoms with Crippen LogP contribution in [0, 0.1) is 5.92 Å². The summed E-state index contributed by atoms with van der Waals surface area (Å²) in [7, 11) is 0. The Morgan fingerprint density at radius 1 is 1.43 bits per heavy atom. The molecule has 7 heteroatoms. The topological polar surface area (TPSA) is 64.2 Å². The third-order valence-corrected chi connectivity index (χ3v) is 4.63. The van der Waals surface area contributed by atoms with Gasteiger partial charge in [-0.25, -0.2) is 4.68 Å². The van der Waals surface area contributed by atoms with Gasteiger partial charge in [-0.3, -0.25) is 4.79 Å². The minimum atomic E-state index is -0.0165. The molecule has 0 spiro atoms. The van der Waals surface area contributed by atoms with Gasteiger partial charge >= 0.3 is 0 Å². The van der Waals surface area contributed by atoms with E-state index in [1.54, 1.807) is 10.7 Å². The molecule has 0 saturated carbocycles. The van der Waals surface area contributed by atoms with E-state index >= 15 is 0 Å². The van der Waals surface area contributed by atoms with Gasteiger partial charge < -0.3 is 10.6 Å². The second-order valence-electron chi connectivity index (χ2n) is 5.77. The van der Waals surface area contributed by atoms with E-state index in [1.165, 1.54) is 0 Å². The first-order chi connectivity index (χ1) is 10.6. The molecule has 1 amide bonds. The van der Waals surface area contributed by atoms with E-state index in [0.717, 1.165) is 23.1 Å². The van der Waals surface area contributed by atoms with Gasteiger partial charge in [-0.2, -0.15) is 5.10 Å². The Morgan fingerprint density at radius 3 is 2.87 bits per heavy atom. The zero-order chi connectivity index (χ0) is 15.7. The molecule has 124 valence electrons. The summed E-state index contributed by atoms with van der Waals surface area (Å²) >= 11 is 3.44. The highest BCUT2D eigenvalue weighted by molar-refractivity contribution is 9.10. The van der Waals surface area contributed by atoms with Crippen molar-refractivity contribution in [2.75, 3.05) is 13.1 Å². The van der Waals surface area contributed by atoms with Crippen molar-refractivity contribution < 1.29 is 4.79 Å². The van der Waals surface area contributed by atoms with Gasteiger partial charge in [-0.05, 0) is 50.1 Å². The van der Waals surface area contributed by atoms with Crippen LogP contribution in [0.1, 0.15) is 23.8 Å². The van der Waals surface area contributed by atoms with Crippen LogP contribution >= 0.6 is 28.3 Å². The highest BCUT2D eigenvalue weighted by Crippen LogP contribution is 2.24. The Bertz CT molecular complexity index is 690. The number of likely N-dealkylation sites (tertiary alicyclic amines) is 1. The number of hydrogen-bond acceptors (Lipinski definition) is 3. The number of aromatic nitrogens is 2. The van der Waals surface area contributed by atoms with E-state index in [1.807, 2.05) is 35.4 Å². The second kappa shape index (κ2) is 7.47. The highest BCUT2D eigenvalue weighted by atomic mass is 79.9. The van der Waals surface area contributed by atoms with Crippen molar-refractivity contribution in [1.82, 2.24) is 14.7 Å². The lowest BCUT2D eigenvalue weighted by atomic mass is 10.1. The van der Waals surface area contributed by atoms with Crippen LogP contribution in [0.5, 0.6) is 0 Å². The minimum absolute atomic E-state index is 0. The van der Waals surface area contributed by atoms with Gasteiger partial charge in [0.15, 0.2) is 5.69 Å². The molecular formula is C16H20BrClN4O. The van der Waals surface area contributed by atoms with Crippen molar-refractivity contribution in [3.63, 3.8) is 0 Å². The van der Waals surface area contributed by atoms with Crippen molar-refractivity contribution in [2.45, 2.75) is 19.4 Å². The predicted molar refractivity (Wildman–Crippen MR) is 96.2 cm³/mol. The van der Waals surface area contributed by atoms with E-state index < -0.39 is 0 Å². The number of halogens is 2. The fourth-order valence-corrected chi connectivity index (χ4v) is 3.33. The zero-order valence-corrected chi connectivity index (χ0v) is 15.3. The average molecular weight is 400 g/mol. The fraction of sp³-hybridized carbons (Fsp3) is 0.375. The Labute approximate surface area is 150 Å². The molecule has 3 rings (SSSR count). The lowest BCUT2D eigenvalue weighted by molar-refractivity contribution is 0.0737. The van der Waals surface area contributed by atoms with Crippen LogP contribution in [0.15, 0.2) is 41.0 Å². The monoisotopic (exact) mass is 398 g/mol. The molecule has 1 saturated heterocycles. The van der Waals surface area contributed by atoms with Crippen LogP contribution in [0.25, 0.3) is 5.69 Å². The molecule has 2 atom stereocenters. The molecule has 0 aliphatic carbocycles. The zero-order valence-electron chi connectivity index (χ0n) is 12.9. The summed E-state index contributed by atoms with van der Waals surface area (Å²) in [4.78, 5) is 14.5. The third-order valence-electron chi connectivity index (χ3n) is 4.14. The maximum absolute atomic E-state index is 12.6. The number of carbonyl (C=O) groups is 1. The van der Waals surface area contributed by atoms with Gasteiger partial charge in [-0.15, -0.1) is 12.4 Å². The van der Waals surface area contributed by atoms with Crippen LogP contribution in [0.2, 0.25) is 0 Å². The van der Waals surface area contributed by atoms with Crippen LogP contribution in [0.4, 0.5) is 0 Å². The van der Waals surface area contributed by atoms with Crippen LogP contribution in [0.3, 0.4) is 0 Å². The number of rotatable bonds is 3. The second-order valence-corrected chi connectivity index (χ2v) is 6.69. The van der Waals surface area contributed by atoms with Crippen molar-refractivity contribution in [3.05, 3.63) is 46.7 Å². The number of amides is 1. The van der Waals surface area contributed by atoms with E-state index in [4.69, 9.17) is 5.73 Å². The maximum Gasteiger partial charge on any atom is 0.274 e. The van der Waals surface area contributed by atoms with Crippen molar-refractivity contribution >= 4 is 34.2 Å². The van der Waals surface area contributed by atoms with E-state index in [-0.39, 0.29) is 24.4 Å². The predicted octanol–water partition coefficient (Wildman–Crippen LogP) is 2.87. The number of nitrogens with zero attached hydrogens (tertiary/aromatic N) is 3. The van der Waals surface area contributed by atoms with Crippen molar-refractivity contribution in [1.29, 1.82) is 0 Å². The van der Waals surface area contributed by atoms with E-state index in [0.29, 0.717) is 18.2 Å². The SMILES string of the molecule is CC1CC(CN)CN1C(=O)c1ccn(-c2cccc(Br)c2)n1.Cl. The summed E-state index contributed by atoms with van der Waals surface area (Å²) < 4.78 is 2.70. The maximum atomic E-state index is 12.6. The Hall–Kier alpha value is -1.37. The Balaban J connectivity index is 0.00000192. The van der Waals surface area contributed by atoms with Crippen LogP contribution < -0.4 is 5.73 Å². The molecule has 1 aromatic carbocycles. The van der Waals surface area contributed by atoms with E-state index in [9.17, 15) is 4.79 Å². The van der Waals surface area contributed by atoms with Gasteiger partial charge in [0.05, 0.1) is 5.69 Å². The number of hydrogen-bond donors (Lipinski definition) is 1. The largest absolute Gasteiger partial charge is 0.334 e. The minimum Gasteiger partial charge on any atom is -0.334 e. The molecule has 23 heavy (non-hydrogen) atoms. The summed E-state index contributed by atoms with van der Waals surface area (Å²) in [6, 6.07) is 9.80. The molecular weight excluding hydrogens is 380 g/mol. The van der Waals surface area contributed by atoms with Crippen LogP contribution in [-0.4, -0.2) is 39.7 Å². The van der Waals surface area contributed by atoms with Gasteiger partial charge in [0, 0.05) is 23.3 Å². The summed E-state index contributed by atoms with van der Waals surface area (Å²) in [6.07, 6.45) is 2.78. The lowest BCUT2D eigenvalue weighted by Crippen LogP contribution is -2.34. The first kappa shape index (κ1) is 18.0. The lowest BCUT2D eigenvalue weighted by Gasteiger charge is -2.20. The molecule has 2 N–H and O–H groups in total. The van der Waals surface area contributed by atoms with Crippen molar-refractivity contribution in [2.24, 2.45) is 11.7 Å². The average Bonchev–Trinajstić information content (AvgIpc) is 3.13. The molecule has 1 aliphatic heterocycles. The number of benzene rings is 1. The van der Waals surface area contributed by atoms with Gasteiger partial charge in [-0.1, -0.05) is 22.0 Å². The molecule has 1 aromatic heterocycles. The summed E-state index contributed by atoms with van der Waals surface area (Å²) in [5, 5.41) is 4.42. The molecule has 2 aromatic rings. The van der Waals surface area contributed by atoms with E-state index in [2.05, 4.69) is 28.0 Å². The fourth-order valence-electron chi connectivity index (χ4n) is 2.94. The Morgan fingerprint density at radius 2 is 2.22 bits per heavy atom. The number of carbonyl (C=O) groups excluding carboxylic acids is 1. The normalized spacial score (nSPS) is 20.4.